The van der Waals surface area contributed by atoms with E-state index in [0.717, 1.165) is 27.8 Å². The van der Waals surface area contributed by atoms with Gasteiger partial charge in [-0.15, -0.1) is 12.4 Å². The highest BCUT2D eigenvalue weighted by Crippen LogP contribution is 2.33. The van der Waals surface area contributed by atoms with Gasteiger partial charge >= 0.3 is 5.97 Å². The molecular formula is C41H41ClF2N6O4. The first-order valence-electron chi connectivity index (χ1n) is 16.8. The van der Waals surface area contributed by atoms with E-state index < -0.39 is 5.97 Å². The average molecular weight is 755 g/mol. The molecule has 6 aromatic rings. The van der Waals surface area contributed by atoms with Crippen molar-refractivity contribution in [2.75, 3.05) is 7.11 Å². The number of aryl methyl sites for hydroxylation is 2. The lowest BCUT2D eigenvalue weighted by Crippen LogP contribution is -2.27. The van der Waals surface area contributed by atoms with Crippen molar-refractivity contribution in [3.63, 3.8) is 0 Å². The third-order valence-electron chi connectivity index (χ3n) is 8.83. The maximum absolute atomic E-state index is 14.7. The van der Waals surface area contributed by atoms with Crippen LogP contribution in [0.15, 0.2) is 110 Å². The predicted octanol–water partition coefficient (Wildman–Crippen LogP) is 7.90. The van der Waals surface area contributed by atoms with Crippen LogP contribution in [0.4, 0.5) is 8.78 Å². The van der Waals surface area contributed by atoms with Gasteiger partial charge in [-0.2, -0.15) is 10.2 Å². The van der Waals surface area contributed by atoms with Crippen LogP contribution in [-0.4, -0.2) is 49.7 Å². The van der Waals surface area contributed by atoms with E-state index in [1.807, 2.05) is 69.8 Å². The topological polar surface area (TPSA) is 125 Å². The molecular weight excluding hydrogens is 714 g/mol. The molecule has 10 nitrogen and oxygen atoms in total. The zero-order chi connectivity index (χ0) is 38.2. The minimum Gasteiger partial charge on any atom is -0.465 e. The molecule has 2 unspecified atom stereocenters. The van der Waals surface area contributed by atoms with Gasteiger partial charge in [0, 0.05) is 72.5 Å². The first-order chi connectivity index (χ1) is 25.4. The Morgan fingerprint density at radius 3 is 1.83 bits per heavy atom. The zero-order valence-electron chi connectivity index (χ0n) is 30.4. The Morgan fingerprint density at radius 1 is 0.815 bits per heavy atom. The van der Waals surface area contributed by atoms with Crippen LogP contribution >= 0.6 is 12.4 Å². The summed E-state index contributed by atoms with van der Waals surface area (Å²) in [6.45, 7) is 4.15. The quantitative estimate of drug-likeness (QED) is 0.130. The Balaban J connectivity index is 0.000000194. The van der Waals surface area contributed by atoms with Gasteiger partial charge in [0.2, 0.25) is 0 Å². The van der Waals surface area contributed by atoms with Crippen LogP contribution in [-0.2, 0) is 25.4 Å². The minimum atomic E-state index is -0.488. The van der Waals surface area contributed by atoms with Gasteiger partial charge in [-0.05, 0) is 54.8 Å². The third-order valence-corrected chi connectivity index (χ3v) is 8.83. The summed E-state index contributed by atoms with van der Waals surface area (Å²) < 4.78 is 36.3. The normalized spacial score (nSPS) is 12.6. The molecule has 0 saturated carbocycles. The molecule has 0 fully saturated rings. The number of esters is 1. The molecule has 2 aromatic heterocycles. The fourth-order valence-corrected chi connectivity index (χ4v) is 5.92. The number of rotatable bonds is 7. The van der Waals surface area contributed by atoms with Gasteiger partial charge in [-0.1, -0.05) is 60.7 Å². The molecule has 7 rings (SSSR count). The summed E-state index contributed by atoms with van der Waals surface area (Å²) in [4.78, 5) is 35.8. The number of carbonyl (C=O) groups is 3. The Kier molecular flexibility index (Phi) is 13.7. The number of amides is 1. The van der Waals surface area contributed by atoms with Gasteiger partial charge in [0.1, 0.15) is 11.6 Å². The molecule has 0 spiro atoms. The molecule has 0 saturated heterocycles. The Labute approximate surface area is 318 Å². The number of carbonyl (C=O) groups excluding carboxylic acids is 3. The molecule has 0 bridgehead atoms. The highest BCUT2D eigenvalue weighted by atomic mass is 35.5. The number of methoxy groups -OCH3 is 1. The van der Waals surface area contributed by atoms with E-state index in [0.29, 0.717) is 40.6 Å². The Hall–Kier alpha value is -5.98. The van der Waals surface area contributed by atoms with Gasteiger partial charge in [0.15, 0.2) is 6.29 Å². The number of halogens is 3. The number of nitrogens with two attached hydrogens (primary N) is 1. The van der Waals surface area contributed by atoms with Crippen molar-refractivity contribution in [3.8, 4) is 22.3 Å². The third kappa shape index (κ3) is 9.32. The molecule has 280 valence electrons. The summed E-state index contributed by atoms with van der Waals surface area (Å²) in [5, 5.41) is 8.17. The highest BCUT2D eigenvalue weighted by molar-refractivity contribution is 5.99. The van der Waals surface area contributed by atoms with E-state index in [1.54, 1.807) is 70.0 Å². The number of fused-ring (bicyclic) bond motifs is 1. The molecule has 1 aliphatic rings. The lowest BCUT2D eigenvalue weighted by atomic mass is 10.0. The number of hydrogen-bond acceptors (Lipinski definition) is 7. The average Bonchev–Trinajstić information content (AvgIpc) is 3.89. The first kappa shape index (κ1) is 40.8. The van der Waals surface area contributed by atoms with Gasteiger partial charge in [-0.3, -0.25) is 19.0 Å². The molecule has 0 radical (unpaired) electrons. The monoisotopic (exact) mass is 754 g/mol. The van der Waals surface area contributed by atoms with Crippen LogP contribution in [0.3, 0.4) is 0 Å². The molecule has 2 N–H and O–H groups in total. The summed E-state index contributed by atoms with van der Waals surface area (Å²) >= 11 is 0. The predicted molar refractivity (Wildman–Crippen MR) is 205 cm³/mol. The Morgan fingerprint density at radius 2 is 1.35 bits per heavy atom. The SMILES string of the molecule is CC(N)c1ccc(-c2cnn(C)c2)cc1F.CC(c1ccc(-c2cnn(C)c2)cc1F)N1Cc2ccccc2C1=O.COC(=O)c1ccccc1C=O.Cl. The molecule has 4 aromatic carbocycles. The molecule has 13 heteroatoms. The minimum absolute atomic E-state index is 0. The lowest BCUT2D eigenvalue weighted by molar-refractivity contribution is 0.0598. The van der Waals surface area contributed by atoms with Crippen LogP contribution in [0.5, 0.6) is 0 Å². The van der Waals surface area contributed by atoms with Gasteiger partial charge in [-0.25, -0.2) is 13.6 Å². The van der Waals surface area contributed by atoms with Crippen LogP contribution in [0.25, 0.3) is 22.3 Å². The van der Waals surface area contributed by atoms with Gasteiger partial charge < -0.3 is 15.4 Å². The van der Waals surface area contributed by atoms with Crippen molar-refractivity contribution in [3.05, 3.63) is 155 Å². The summed E-state index contributed by atoms with van der Waals surface area (Å²) in [7, 11) is 4.94. The highest BCUT2D eigenvalue weighted by Gasteiger charge is 2.32. The van der Waals surface area contributed by atoms with Gasteiger partial charge in [0.05, 0.1) is 31.1 Å². The molecule has 2 atom stereocenters. The van der Waals surface area contributed by atoms with Crippen molar-refractivity contribution < 1.29 is 27.9 Å². The fourth-order valence-electron chi connectivity index (χ4n) is 5.92. The molecule has 1 amide bonds. The smallest absolute Gasteiger partial charge is 0.338 e. The lowest BCUT2D eigenvalue weighted by Gasteiger charge is -2.25. The standard InChI is InChI=1S/C20H18FN3O.C12H14FN3.C9H8O3.ClH/c1-13(24-12-15-5-3-4-6-18(15)20(24)25)17-8-7-14(9-19(17)21)16-10-22-23(2)11-16;1-8(14)11-4-3-9(5-12(11)13)10-6-15-16(2)7-10;1-12-9(11)8-5-3-2-4-7(8)6-10;/h3-11,13H,12H2,1-2H3;3-8H,14H2,1-2H3;2-6H,1H3;1H. The van der Waals surface area contributed by atoms with Crippen molar-refractivity contribution >= 4 is 30.6 Å². The Bertz CT molecular complexity index is 2250. The van der Waals surface area contributed by atoms with E-state index in [9.17, 15) is 23.2 Å². The maximum Gasteiger partial charge on any atom is 0.338 e. The van der Waals surface area contributed by atoms with Crippen molar-refractivity contribution in [2.24, 2.45) is 19.8 Å². The summed E-state index contributed by atoms with van der Waals surface area (Å²) in [5.74, 6) is -1.11. The second kappa shape index (κ2) is 18.2. The number of aldehydes is 1. The number of aromatic nitrogens is 4. The van der Waals surface area contributed by atoms with E-state index in [1.165, 1.54) is 19.2 Å². The fraction of sp³-hybridized carbons (Fsp3) is 0.195. The van der Waals surface area contributed by atoms with Crippen LogP contribution in [0.2, 0.25) is 0 Å². The molecule has 3 heterocycles. The van der Waals surface area contributed by atoms with E-state index in [4.69, 9.17) is 5.73 Å². The van der Waals surface area contributed by atoms with Crippen molar-refractivity contribution in [2.45, 2.75) is 32.5 Å². The number of benzene rings is 4. The summed E-state index contributed by atoms with van der Waals surface area (Å²) in [5.41, 5.74) is 12.4. The van der Waals surface area contributed by atoms with Gasteiger partial charge in [0.25, 0.3) is 5.91 Å². The summed E-state index contributed by atoms with van der Waals surface area (Å²) in [6.07, 6.45) is 7.74. The largest absolute Gasteiger partial charge is 0.465 e. The van der Waals surface area contributed by atoms with Crippen LogP contribution in [0.1, 0.15) is 73.7 Å². The first-order valence-corrected chi connectivity index (χ1v) is 16.8. The molecule has 1 aliphatic heterocycles. The van der Waals surface area contributed by atoms with E-state index in [-0.39, 0.29) is 42.0 Å². The van der Waals surface area contributed by atoms with Crippen molar-refractivity contribution in [1.29, 1.82) is 0 Å². The second-order valence-electron chi connectivity index (χ2n) is 12.5. The number of hydrogen-bond donors (Lipinski definition) is 1. The number of ether oxygens (including phenoxy) is 1. The zero-order valence-corrected chi connectivity index (χ0v) is 31.3. The maximum atomic E-state index is 14.7. The molecule has 0 aliphatic carbocycles. The molecule has 54 heavy (non-hydrogen) atoms. The van der Waals surface area contributed by atoms with Crippen LogP contribution in [0, 0.1) is 11.6 Å². The second-order valence-corrected chi connectivity index (χ2v) is 12.5. The summed E-state index contributed by atoms with van der Waals surface area (Å²) in [6, 6.07) is 23.6. The van der Waals surface area contributed by atoms with Crippen molar-refractivity contribution in [1.82, 2.24) is 24.5 Å². The van der Waals surface area contributed by atoms with Crippen LogP contribution < -0.4 is 5.73 Å². The van der Waals surface area contributed by atoms with E-state index in [2.05, 4.69) is 14.9 Å². The number of nitrogens with zero attached hydrogens (tertiary/aromatic N) is 5. The van der Waals surface area contributed by atoms with E-state index >= 15 is 0 Å².